The van der Waals surface area contributed by atoms with Gasteiger partial charge in [0.1, 0.15) is 23.3 Å². The van der Waals surface area contributed by atoms with Crippen molar-refractivity contribution in [2.75, 3.05) is 6.61 Å². The van der Waals surface area contributed by atoms with Crippen LogP contribution in [0.25, 0.3) is 0 Å². The SMILES string of the molecule is CC.CC.CCOc1ccc2cc1CN1C(=O)CC(CCC(C(C)F)c3ccc4c(c3)C(CC(C)(C)O4)NC2=O)N=C1N. The fourth-order valence-electron chi connectivity index (χ4n) is 5.90. The monoisotopic (exact) mass is 596 g/mol. The van der Waals surface area contributed by atoms with Gasteiger partial charge < -0.3 is 20.5 Å². The molecule has 0 fully saturated rings. The van der Waals surface area contributed by atoms with Crippen molar-refractivity contribution in [3.05, 3.63) is 58.7 Å². The Bertz CT molecular complexity index is 1310. The second kappa shape index (κ2) is 14.7. The molecule has 43 heavy (non-hydrogen) atoms. The van der Waals surface area contributed by atoms with Crippen LogP contribution in [0.2, 0.25) is 0 Å². The van der Waals surface area contributed by atoms with Crippen LogP contribution in [-0.2, 0) is 11.3 Å². The van der Waals surface area contributed by atoms with Crippen molar-refractivity contribution in [1.82, 2.24) is 10.2 Å². The molecule has 4 atom stereocenters. The first-order chi connectivity index (χ1) is 20.5. The number of alkyl halides is 1. The van der Waals surface area contributed by atoms with E-state index in [9.17, 15) is 14.0 Å². The number of rotatable bonds is 3. The molecule has 4 unspecified atom stereocenters. The molecular formula is C34H49FN4O4. The molecule has 9 heteroatoms. The van der Waals surface area contributed by atoms with E-state index < -0.39 is 17.7 Å². The lowest BCUT2D eigenvalue weighted by Gasteiger charge is -2.38. The summed E-state index contributed by atoms with van der Waals surface area (Å²) in [5, 5.41) is 3.19. The van der Waals surface area contributed by atoms with Gasteiger partial charge >= 0.3 is 0 Å². The maximum Gasteiger partial charge on any atom is 0.251 e. The number of nitrogens with zero attached hydrogens (tertiary/aromatic N) is 2. The number of aliphatic imine (C=N–C) groups is 1. The Morgan fingerprint density at radius 3 is 2.51 bits per heavy atom. The molecule has 3 N–H and O–H groups in total. The summed E-state index contributed by atoms with van der Waals surface area (Å²) in [5.74, 6) is 0.577. The Balaban J connectivity index is 0.00000121. The van der Waals surface area contributed by atoms with Crippen molar-refractivity contribution in [2.45, 2.75) is 117 Å². The highest BCUT2D eigenvalue weighted by Gasteiger charge is 2.36. The van der Waals surface area contributed by atoms with Crippen molar-refractivity contribution in [2.24, 2.45) is 10.7 Å². The van der Waals surface area contributed by atoms with Crippen LogP contribution in [0.4, 0.5) is 4.39 Å². The van der Waals surface area contributed by atoms with Gasteiger partial charge in [0.05, 0.1) is 25.2 Å². The molecule has 4 aliphatic heterocycles. The fraction of sp³-hybridized carbons (Fsp3) is 0.559. The lowest BCUT2D eigenvalue weighted by Crippen LogP contribution is -2.46. The van der Waals surface area contributed by atoms with Gasteiger partial charge in [0, 0.05) is 35.4 Å². The zero-order chi connectivity index (χ0) is 31.9. The smallest absolute Gasteiger partial charge is 0.251 e. The summed E-state index contributed by atoms with van der Waals surface area (Å²) in [4.78, 5) is 32.8. The average molecular weight is 597 g/mol. The van der Waals surface area contributed by atoms with E-state index in [4.69, 9.17) is 15.2 Å². The molecule has 2 aromatic rings. The molecule has 0 saturated heterocycles. The summed E-state index contributed by atoms with van der Waals surface area (Å²) in [5.41, 5.74) is 8.55. The first-order valence-electron chi connectivity index (χ1n) is 15.7. The van der Waals surface area contributed by atoms with Gasteiger partial charge in [-0.15, -0.1) is 0 Å². The predicted molar refractivity (Wildman–Crippen MR) is 169 cm³/mol. The van der Waals surface area contributed by atoms with Crippen molar-refractivity contribution in [3.8, 4) is 11.5 Å². The van der Waals surface area contributed by atoms with Gasteiger partial charge in [-0.2, -0.15) is 0 Å². The third-order valence-electron chi connectivity index (χ3n) is 7.84. The zero-order valence-corrected chi connectivity index (χ0v) is 27.0. The molecule has 0 radical (unpaired) electrons. The number of fused-ring (bicyclic) bond motifs is 4. The molecule has 0 aliphatic carbocycles. The van der Waals surface area contributed by atoms with Crippen LogP contribution < -0.4 is 20.5 Å². The zero-order valence-electron chi connectivity index (χ0n) is 27.0. The molecular weight excluding hydrogens is 547 g/mol. The number of carbonyl (C=O) groups is 2. The number of carbonyl (C=O) groups excluding carboxylic acids is 2. The maximum atomic E-state index is 15.0. The number of benzene rings is 2. The molecule has 8 nitrogen and oxygen atoms in total. The molecule has 4 heterocycles. The van der Waals surface area contributed by atoms with Gasteiger partial charge in [-0.25, -0.2) is 9.38 Å². The van der Waals surface area contributed by atoms with Gasteiger partial charge in [-0.3, -0.25) is 14.5 Å². The van der Waals surface area contributed by atoms with Crippen LogP contribution >= 0.6 is 0 Å². The maximum absolute atomic E-state index is 15.0. The number of nitrogens with one attached hydrogen (secondary N) is 1. The summed E-state index contributed by atoms with van der Waals surface area (Å²) in [6.45, 7) is 16.0. The summed E-state index contributed by atoms with van der Waals surface area (Å²) < 4.78 is 27.0. The van der Waals surface area contributed by atoms with E-state index in [1.807, 2.05) is 66.7 Å². The second-order valence-electron chi connectivity index (χ2n) is 11.3. The van der Waals surface area contributed by atoms with Gasteiger partial charge in [-0.05, 0) is 76.4 Å². The molecule has 0 saturated carbocycles. The minimum atomic E-state index is -1.12. The molecule has 0 spiro atoms. The van der Waals surface area contributed by atoms with E-state index in [1.165, 1.54) is 4.90 Å². The van der Waals surface area contributed by atoms with E-state index in [1.54, 1.807) is 25.1 Å². The van der Waals surface area contributed by atoms with E-state index >= 15 is 0 Å². The van der Waals surface area contributed by atoms with Crippen molar-refractivity contribution in [3.63, 3.8) is 0 Å². The van der Waals surface area contributed by atoms with E-state index in [-0.39, 0.29) is 42.8 Å². The van der Waals surface area contributed by atoms with E-state index in [0.29, 0.717) is 48.5 Å². The normalized spacial score (nSPS) is 23.1. The minimum Gasteiger partial charge on any atom is -0.494 e. The fourth-order valence-corrected chi connectivity index (χ4v) is 5.90. The third-order valence-corrected chi connectivity index (χ3v) is 7.84. The summed E-state index contributed by atoms with van der Waals surface area (Å²) >= 11 is 0. The largest absolute Gasteiger partial charge is 0.494 e. The highest BCUT2D eigenvalue weighted by Crippen LogP contribution is 2.42. The Kier molecular flexibility index (Phi) is 11.6. The van der Waals surface area contributed by atoms with Crippen LogP contribution in [0, 0.1) is 0 Å². The minimum absolute atomic E-state index is 0.125. The van der Waals surface area contributed by atoms with Crippen LogP contribution in [0.5, 0.6) is 11.5 Å². The number of guanidine groups is 1. The van der Waals surface area contributed by atoms with Crippen LogP contribution in [0.3, 0.4) is 0 Å². The highest BCUT2D eigenvalue weighted by atomic mass is 19.1. The molecule has 0 aromatic heterocycles. The average Bonchev–Trinajstić information content (AvgIpc) is 2.97. The first kappa shape index (κ1) is 33.9. The Morgan fingerprint density at radius 1 is 1.14 bits per heavy atom. The number of halogens is 1. The highest BCUT2D eigenvalue weighted by molar-refractivity contribution is 5.99. The van der Waals surface area contributed by atoms with E-state index in [2.05, 4.69) is 10.3 Å². The summed E-state index contributed by atoms with van der Waals surface area (Å²) in [6.07, 6.45) is 0.662. The molecule has 6 rings (SSSR count). The molecule has 236 valence electrons. The summed E-state index contributed by atoms with van der Waals surface area (Å²) in [7, 11) is 0. The van der Waals surface area contributed by atoms with Gasteiger partial charge in [0.2, 0.25) is 5.91 Å². The number of ether oxygens (including phenoxy) is 2. The van der Waals surface area contributed by atoms with Gasteiger partial charge in [0.15, 0.2) is 5.96 Å². The third kappa shape index (κ3) is 7.86. The number of hydrogen-bond donors (Lipinski definition) is 2. The molecule has 4 aliphatic rings. The molecule has 6 bridgehead atoms. The van der Waals surface area contributed by atoms with Gasteiger partial charge in [-0.1, -0.05) is 33.8 Å². The predicted octanol–water partition coefficient (Wildman–Crippen LogP) is 6.82. The molecule has 2 aromatic carbocycles. The number of hydrogen-bond acceptors (Lipinski definition) is 6. The van der Waals surface area contributed by atoms with Gasteiger partial charge in [0.25, 0.3) is 5.91 Å². The quantitative estimate of drug-likeness (QED) is 0.404. The number of nitrogens with two attached hydrogens (primary N) is 1. The molecule has 2 amide bonds. The summed E-state index contributed by atoms with van der Waals surface area (Å²) in [6, 6.07) is 10.3. The van der Waals surface area contributed by atoms with Crippen LogP contribution in [-0.4, -0.2) is 47.1 Å². The topological polar surface area (TPSA) is 106 Å². The van der Waals surface area contributed by atoms with Crippen molar-refractivity contribution >= 4 is 17.8 Å². The van der Waals surface area contributed by atoms with E-state index in [0.717, 1.165) is 11.1 Å². The number of amides is 2. The van der Waals surface area contributed by atoms with Crippen molar-refractivity contribution < 1.29 is 23.5 Å². The Morgan fingerprint density at radius 2 is 1.86 bits per heavy atom. The Hall–Kier alpha value is -3.62. The lowest BCUT2D eigenvalue weighted by molar-refractivity contribution is -0.129. The second-order valence-corrected chi connectivity index (χ2v) is 11.3. The standard InChI is InChI=1S/C30H37FN4O4.2C2H6/c1-5-38-25-10-7-19-12-20(25)16-35-27(36)14-21(33-29(35)32)8-9-22(17(2)31)18-6-11-26-23(13-18)24(34-28(19)37)15-30(3,4)39-26;2*1-2/h6-7,10-13,17,21-22,24H,5,8-9,14-16H2,1-4H3,(H2,32,33)(H,34,37);2*1-2H3. The first-order valence-corrected chi connectivity index (χ1v) is 15.7. The Labute approximate surface area is 256 Å². The van der Waals surface area contributed by atoms with Crippen LogP contribution in [0.1, 0.15) is 120 Å². The lowest BCUT2D eigenvalue weighted by atomic mass is 9.84. The van der Waals surface area contributed by atoms with Crippen molar-refractivity contribution in [1.29, 1.82) is 0 Å². The van der Waals surface area contributed by atoms with Crippen LogP contribution in [0.15, 0.2) is 41.4 Å².